The Morgan fingerprint density at radius 1 is 1.08 bits per heavy atom. The average molecular weight is 546 g/mol. The molecule has 1 aliphatic heterocycles. The maximum atomic E-state index is 15.0. The van der Waals surface area contributed by atoms with E-state index in [1.165, 1.54) is 30.6 Å². The van der Waals surface area contributed by atoms with Gasteiger partial charge in [-0.2, -0.15) is 0 Å². The molecule has 0 spiro atoms. The topological polar surface area (TPSA) is 89.3 Å². The molecule has 11 heteroatoms. The van der Waals surface area contributed by atoms with Crippen LogP contribution in [0.4, 0.5) is 10.1 Å². The first-order valence-corrected chi connectivity index (χ1v) is 14.1. The second kappa shape index (κ2) is 9.76. The van der Waals surface area contributed by atoms with Gasteiger partial charge >= 0.3 is 0 Å². The van der Waals surface area contributed by atoms with Crippen molar-refractivity contribution in [3.63, 3.8) is 0 Å². The van der Waals surface area contributed by atoms with Crippen LogP contribution in [0.5, 0.6) is 0 Å². The number of anilines is 1. The van der Waals surface area contributed by atoms with Crippen molar-refractivity contribution in [2.24, 2.45) is 0 Å². The SMILES string of the molecule is O=C(Cc1ccc(-n2cnc3cc(N4CCCC4)ccc3c2=O)c(F)c1)CS(=O)(=O)c1ccc(Cl)s1. The summed E-state index contributed by atoms with van der Waals surface area (Å²) < 4.78 is 41.3. The van der Waals surface area contributed by atoms with Crippen LogP contribution < -0.4 is 10.5 Å². The molecule has 5 rings (SSSR count). The highest BCUT2D eigenvalue weighted by molar-refractivity contribution is 7.94. The molecular weight excluding hydrogens is 525 g/mol. The number of carbonyl (C=O) groups excluding carboxylic acids is 1. The van der Waals surface area contributed by atoms with E-state index in [4.69, 9.17) is 11.6 Å². The Morgan fingerprint density at radius 3 is 2.56 bits per heavy atom. The second-order valence-electron chi connectivity index (χ2n) is 8.63. The first-order chi connectivity index (χ1) is 17.2. The molecule has 1 fully saturated rings. The summed E-state index contributed by atoms with van der Waals surface area (Å²) >= 11 is 6.67. The maximum absolute atomic E-state index is 15.0. The quantitative estimate of drug-likeness (QED) is 0.341. The van der Waals surface area contributed by atoms with Crippen molar-refractivity contribution in [3.05, 3.63) is 80.9 Å². The van der Waals surface area contributed by atoms with Gasteiger partial charge < -0.3 is 4.90 Å². The fraction of sp³-hybridized carbons (Fsp3) is 0.240. The van der Waals surface area contributed by atoms with E-state index < -0.39 is 32.7 Å². The summed E-state index contributed by atoms with van der Waals surface area (Å²) in [6, 6.07) is 12.3. The lowest BCUT2D eigenvalue weighted by Gasteiger charge is -2.18. The average Bonchev–Trinajstić information content (AvgIpc) is 3.52. The number of hydrogen-bond acceptors (Lipinski definition) is 7. The van der Waals surface area contributed by atoms with Crippen LogP contribution in [-0.4, -0.2) is 42.6 Å². The standard InChI is InChI=1S/C25H21ClFN3O4S2/c26-23-7-8-24(35-23)36(33,34)14-18(31)11-16-3-6-22(20(27)12-16)30-15-28-21-13-17(29-9-1-2-10-29)4-5-19(21)25(30)32/h3-8,12-13,15H,1-2,9-11,14H2. The van der Waals surface area contributed by atoms with Crippen LogP contribution in [0.1, 0.15) is 18.4 Å². The number of carbonyl (C=O) groups is 1. The molecule has 36 heavy (non-hydrogen) atoms. The molecule has 7 nitrogen and oxygen atoms in total. The van der Waals surface area contributed by atoms with Gasteiger partial charge in [0.1, 0.15) is 22.1 Å². The maximum Gasteiger partial charge on any atom is 0.265 e. The summed E-state index contributed by atoms with van der Waals surface area (Å²) in [5.41, 5.74) is 1.44. The zero-order valence-electron chi connectivity index (χ0n) is 19.0. The fourth-order valence-electron chi connectivity index (χ4n) is 4.34. The van der Waals surface area contributed by atoms with Crippen molar-refractivity contribution >= 4 is 55.1 Å². The lowest BCUT2D eigenvalue weighted by molar-refractivity contribution is -0.116. The molecule has 0 atom stereocenters. The Kier molecular flexibility index (Phi) is 6.67. The van der Waals surface area contributed by atoms with Gasteiger partial charge in [0, 0.05) is 25.2 Å². The molecule has 2 aromatic heterocycles. The highest BCUT2D eigenvalue weighted by atomic mass is 35.5. The summed E-state index contributed by atoms with van der Waals surface area (Å²) in [5, 5.41) is 0.373. The highest BCUT2D eigenvalue weighted by Gasteiger charge is 2.22. The Morgan fingerprint density at radius 2 is 1.86 bits per heavy atom. The van der Waals surface area contributed by atoms with Crippen molar-refractivity contribution in [1.29, 1.82) is 0 Å². The molecule has 2 aromatic carbocycles. The summed E-state index contributed by atoms with van der Waals surface area (Å²) in [6.45, 7) is 1.94. The van der Waals surface area contributed by atoms with Gasteiger partial charge in [0.05, 0.1) is 20.9 Å². The molecule has 4 aromatic rings. The van der Waals surface area contributed by atoms with Gasteiger partial charge in [-0.05, 0) is 60.9 Å². The summed E-state index contributed by atoms with van der Waals surface area (Å²) in [5.74, 6) is -2.00. The van der Waals surface area contributed by atoms with E-state index in [1.807, 2.05) is 12.1 Å². The first kappa shape index (κ1) is 24.6. The number of benzene rings is 2. The van der Waals surface area contributed by atoms with Gasteiger partial charge in [0.2, 0.25) is 0 Å². The number of nitrogens with zero attached hydrogens (tertiary/aromatic N) is 3. The van der Waals surface area contributed by atoms with Gasteiger partial charge in [0.25, 0.3) is 5.56 Å². The van der Waals surface area contributed by atoms with Gasteiger partial charge in [-0.15, -0.1) is 11.3 Å². The van der Waals surface area contributed by atoms with E-state index >= 15 is 4.39 Å². The minimum absolute atomic E-state index is 0.00457. The van der Waals surface area contributed by atoms with Crippen LogP contribution in [0.25, 0.3) is 16.6 Å². The van der Waals surface area contributed by atoms with E-state index in [0.717, 1.165) is 53.6 Å². The van der Waals surface area contributed by atoms with Crippen LogP contribution in [0, 0.1) is 5.82 Å². The molecule has 0 unspecified atom stereocenters. The van der Waals surface area contributed by atoms with E-state index in [1.54, 1.807) is 6.07 Å². The molecule has 0 bridgehead atoms. The minimum Gasteiger partial charge on any atom is -0.371 e. The number of halogens is 2. The Balaban J connectivity index is 1.36. The lowest BCUT2D eigenvalue weighted by Crippen LogP contribution is -2.21. The molecule has 186 valence electrons. The number of Topliss-reactive ketones (excluding diaryl/α,β-unsaturated/α-hetero) is 1. The third-order valence-electron chi connectivity index (χ3n) is 6.09. The fourth-order valence-corrected chi connectivity index (χ4v) is 7.15. The Labute approximate surface area is 215 Å². The predicted molar refractivity (Wildman–Crippen MR) is 139 cm³/mol. The molecule has 0 aliphatic carbocycles. The summed E-state index contributed by atoms with van der Waals surface area (Å²) in [6.07, 6.45) is 3.29. The number of aromatic nitrogens is 2. The number of hydrogen-bond donors (Lipinski definition) is 0. The van der Waals surface area contributed by atoms with Crippen molar-refractivity contribution in [2.45, 2.75) is 23.5 Å². The van der Waals surface area contributed by atoms with Crippen LogP contribution in [0.3, 0.4) is 0 Å². The van der Waals surface area contributed by atoms with Crippen molar-refractivity contribution in [2.75, 3.05) is 23.7 Å². The van der Waals surface area contributed by atoms with Gasteiger partial charge in [-0.1, -0.05) is 17.7 Å². The van der Waals surface area contributed by atoms with E-state index in [-0.39, 0.29) is 16.3 Å². The van der Waals surface area contributed by atoms with Crippen molar-refractivity contribution < 1.29 is 17.6 Å². The predicted octanol–water partition coefficient (Wildman–Crippen LogP) is 4.43. The monoisotopic (exact) mass is 545 g/mol. The summed E-state index contributed by atoms with van der Waals surface area (Å²) in [7, 11) is -3.82. The normalized spacial score (nSPS) is 14.0. The smallest absolute Gasteiger partial charge is 0.265 e. The highest BCUT2D eigenvalue weighted by Crippen LogP contribution is 2.27. The molecule has 0 saturated carbocycles. The minimum atomic E-state index is -3.82. The second-order valence-corrected chi connectivity index (χ2v) is 12.6. The molecule has 0 radical (unpaired) electrons. The van der Waals surface area contributed by atoms with Crippen LogP contribution in [0.2, 0.25) is 4.34 Å². The molecule has 1 aliphatic rings. The number of fused-ring (bicyclic) bond motifs is 1. The number of ketones is 1. The zero-order chi connectivity index (χ0) is 25.4. The molecule has 3 heterocycles. The van der Waals surface area contributed by atoms with Crippen LogP contribution >= 0.6 is 22.9 Å². The van der Waals surface area contributed by atoms with Crippen LogP contribution in [-0.2, 0) is 21.1 Å². The Hall–Kier alpha value is -3.08. The third-order valence-corrected chi connectivity index (χ3v) is 9.58. The lowest BCUT2D eigenvalue weighted by atomic mass is 10.1. The molecule has 0 N–H and O–H groups in total. The first-order valence-electron chi connectivity index (χ1n) is 11.3. The number of thiophene rings is 1. The summed E-state index contributed by atoms with van der Waals surface area (Å²) in [4.78, 5) is 32.1. The van der Waals surface area contributed by atoms with Crippen molar-refractivity contribution in [1.82, 2.24) is 9.55 Å². The molecule has 0 amide bonds. The zero-order valence-corrected chi connectivity index (χ0v) is 21.4. The molecular formula is C25H21ClFN3O4S2. The third kappa shape index (κ3) is 4.93. The number of sulfone groups is 1. The van der Waals surface area contributed by atoms with Crippen LogP contribution in [0.15, 0.2) is 63.9 Å². The van der Waals surface area contributed by atoms with Gasteiger partial charge in [0.15, 0.2) is 15.6 Å². The van der Waals surface area contributed by atoms with Crippen molar-refractivity contribution in [3.8, 4) is 5.69 Å². The number of rotatable bonds is 7. The van der Waals surface area contributed by atoms with Gasteiger partial charge in [-0.25, -0.2) is 17.8 Å². The largest absolute Gasteiger partial charge is 0.371 e. The Bertz CT molecular complexity index is 1640. The molecule has 1 saturated heterocycles. The van der Waals surface area contributed by atoms with Gasteiger partial charge in [-0.3, -0.25) is 14.2 Å². The van der Waals surface area contributed by atoms with E-state index in [9.17, 15) is 18.0 Å². The van der Waals surface area contributed by atoms with E-state index in [0.29, 0.717) is 20.8 Å². The van der Waals surface area contributed by atoms with E-state index in [2.05, 4.69) is 9.88 Å².